The van der Waals surface area contributed by atoms with Crippen molar-refractivity contribution in [2.75, 3.05) is 11.5 Å². The van der Waals surface area contributed by atoms with E-state index in [0.717, 1.165) is 41.5 Å². The molecule has 0 aliphatic carbocycles. The largest absolute Gasteiger partial charge is 0.287 e. The van der Waals surface area contributed by atoms with E-state index in [4.69, 9.17) is 0 Å². The highest BCUT2D eigenvalue weighted by Crippen LogP contribution is 2.25. The molecule has 1 atom stereocenters. The third-order valence-corrected chi connectivity index (χ3v) is 7.68. The van der Waals surface area contributed by atoms with Gasteiger partial charge in [0.2, 0.25) is 4.74 Å². The van der Waals surface area contributed by atoms with Crippen molar-refractivity contribution >= 4 is 49.1 Å². The Hall–Kier alpha value is -0.980. The van der Waals surface area contributed by atoms with Gasteiger partial charge in [-0.1, -0.05) is 74.9 Å². The van der Waals surface area contributed by atoms with E-state index >= 15 is 0 Å². The summed E-state index contributed by atoms with van der Waals surface area (Å²) >= 11 is 2.61. The van der Waals surface area contributed by atoms with E-state index in [9.17, 15) is 13.8 Å². The summed E-state index contributed by atoms with van der Waals surface area (Å²) < 4.78 is 13.5. The van der Waals surface area contributed by atoms with Gasteiger partial charge in [0.25, 0.3) is 0 Å². The molecule has 2 aromatic rings. The number of carbonyl (C=O) groups is 1. The van der Waals surface area contributed by atoms with Crippen molar-refractivity contribution in [3.05, 3.63) is 39.9 Å². The van der Waals surface area contributed by atoms with E-state index in [1.54, 1.807) is 0 Å². The average molecular weight is 411 g/mol. The van der Waals surface area contributed by atoms with Crippen LogP contribution in [0.4, 0.5) is 0 Å². The summed E-state index contributed by atoms with van der Waals surface area (Å²) in [6, 6.07) is 9.17. The molecule has 2 rings (SSSR count). The summed E-state index contributed by atoms with van der Waals surface area (Å²) in [5.41, 5.74) is -0.276. The molecule has 0 saturated heterocycles. The number of hydrogen-bond donors (Lipinski definition) is 0. The molecule has 3 nitrogen and oxygen atoms in total. The van der Waals surface area contributed by atoms with Gasteiger partial charge < -0.3 is 0 Å². The van der Waals surface area contributed by atoms with E-state index in [-0.39, 0.29) is 15.3 Å². The number of unbranched alkanes of at least 4 members (excludes halogenated alkanes) is 3. The second-order valence-electron chi connectivity index (χ2n) is 7.28. The second-order valence-corrected chi connectivity index (χ2v) is 10.9. The third-order valence-electron chi connectivity index (χ3n) is 3.93. The number of hydrogen-bond acceptors (Lipinski definition) is 5. The molecule has 0 N–H and O–H groups in total. The zero-order valence-electron chi connectivity index (χ0n) is 15.6. The number of thioether (sulfide) groups is 1. The number of benzene rings is 1. The fraction of sp³-hybridized carbons (Fsp3) is 0.500. The number of fused-ring (bicyclic) bond motifs is 1. The Morgan fingerprint density at radius 1 is 1.12 bits per heavy atom. The lowest BCUT2D eigenvalue weighted by Crippen LogP contribution is -2.16. The van der Waals surface area contributed by atoms with Crippen LogP contribution in [0.2, 0.25) is 0 Å². The average Bonchev–Trinajstić information content (AvgIpc) is 2.58. The Bertz CT molecular complexity index is 834. The molecule has 6 heteroatoms. The van der Waals surface area contributed by atoms with Gasteiger partial charge in [-0.2, -0.15) is 0 Å². The van der Waals surface area contributed by atoms with Crippen molar-refractivity contribution in [2.24, 2.45) is 5.41 Å². The van der Waals surface area contributed by atoms with Crippen LogP contribution in [0.25, 0.3) is 10.1 Å². The summed E-state index contributed by atoms with van der Waals surface area (Å²) in [6.45, 7) is 5.83. The zero-order chi connectivity index (χ0) is 19.2. The minimum atomic E-state index is -1.15. The SMILES string of the molecule is CC(C)(C)C(=O)SCCCCCCS(=O)c1cc(=O)sc2ccccc12. The molecule has 26 heavy (non-hydrogen) atoms. The maximum atomic E-state index is 12.6. The predicted molar refractivity (Wildman–Crippen MR) is 115 cm³/mol. The molecular formula is C20H26O3S3. The highest BCUT2D eigenvalue weighted by molar-refractivity contribution is 8.13. The van der Waals surface area contributed by atoms with Crippen molar-refractivity contribution in [2.45, 2.75) is 51.3 Å². The molecule has 0 fully saturated rings. The van der Waals surface area contributed by atoms with Gasteiger partial charge in [-0.15, -0.1) is 0 Å². The van der Waals surface area contributed by atoms with E-state index < -0.39 is 10.8 Å². The summed E-state index contributed by atoms with van der Waals surface area (Å²) in [5, 5.41) is 1.16. The third kappa shape index (κ3) is 6.32. The van der Waals surface area contributed by atoms with Crippen LogP contribution in [0.3, 0.4) is 0 Å². The molecule has 0 radical (unpaired) electrons. The summed E-state index contributed by atoms with van der Waals surface area (Å²) in [6.07, 6.45) is 3.89. The van der Waals surface area contributed by atoms with Gasteiger partial charge in [0.15, 0.2) is 5.12 Å². The zero-order valence-corrected chi connectivity index (χ0v) is 18.0. The smallest absolute Gasteiger partial charge is 0.234 e. The van der Waals surface area contributed by atoms with Crippen LogP contribution in [0.1, 0.15) is 46.5 Å². The van der Waals surface area contributed by atoms with Crippen molar-refractivity contribution in [3.8, 4) is 0 Å². The number of rotatable bonds is 8. The Morgan fingerprint density at radius 2 is 1.81 bits per heavy atom. The monoisotopic (exact) mass is 410 g/mol. The van der Waals surface area contributed by atoms with Crippen LogP contribution in [-0.2, 0) is 15.6 Å². The van der Waals surface area contributed by atoms with Crippen LogP contribution >= 0.6 is 23.1 Å². The maximum absolute atomic E-state index is 12.6. The molecule has 0 aliphatic heterocycles. The molecular weight excluding hydrogens is 384 g/mol. The summed E-state index contributed by atoms with van der Waals surface area (Å²) in [7, 11) is -1.15. The van der Waals surface area contributed by atoms with Gasteiger partial charge in [0, 0.05) is 33.1 Å². The highest BCUT2D eigenvalue weighted by atomic mass is 32.2. The van der Waals surface area contributed by atoms with Gasteiger partial charge >= 0.3 is 0 Å². The van der Waals surface area contributed by atoms with Crippen LogP contribution in [0.5, 0.6) is 0 Å². The molecule has 142 valence electrons. The van der Waals surface area contributed by atoms with Gasteiger partial charge in [-0.3, -0.25) is 13.8 Å². The second kappa shape index (κ2) is 9.81. The van der Waals surface area contributed by atoms with Crippen LogP contribution in [-0.4, -0.2) is 20.8 Å². The van der Waals surface area contributed by atoms with Crippen molar-refractivity contribution < 1.29 is 9.00 Å². The van der Waals surface area contributed by atoms with Gasteiger partial charge in [-0.25, -0.2) is 0 Å². The maximum Gasteiger partial charge on any atom is 0.234 e. The van der Waals surface area contributed by atoms with Crippen molar-refractivity contribution in [3.63, 3.8) is 0 Å². The topological polar surface area (TPSA) is 51.2 Å². The van der Waals surface area contributed by atoms with E-state index in [2.05, 4.69) is 0 Å². The number of carbonyl (C=O) groups excluding carboxylic acids is 1. The van der Waals surface area contributed by atoms with Crippen LogP contribution in [0, 0.1) is 5.41 Å². The summed E-state index contributed by atoms with van der Waals surface area (Å²) in [4.78, 5) is 24.3. The molecule has 0 bridgehead atoms. The lowest BCUT2D eigenvalue weighted by molar-refractivity contribution is -0.117. The molecule has 1 aromatic heterocycles. The molecule has 1 aromatic carbocycles. The Morgan fingerprint density at radius 3 is 2.54 bits per heavy atom. The van der Waals surface area contributed by atoms with Crippen molar-refractivity contribution in [1.82, 2.24) is 0 Å². The minimum Gasteiger partial charge on any atom is -0.287 e. The van der Waals surface area contributed by atoms with Gasteiger partial charge in [0.1, 0.15) is 0 Å². The fourth-order valence-electron chi connectivity index (χ4n) is 2.45. The first-order valence-corrected chi connectivity index (χ1v) is 12.0. The Kier molecular flexibility index (Phi) is 8.05. The first-order chi connectivity index (χ1) is 12.3. The quantitative estimate of drug-likeness (QED) is 0.559. The van der Waals surface area contributed by atoms with Gasteiger partial charge in [0.05, 0.1) is 15.7 Å². The lowest BCUT2D eigenvalue weighted by Gasteiger charge is -2.15. The first-order valence-electron chi connectivity index (χ1n) is 8.87. The van der Waals surface area contributed by atoms with Crippen LogP contribution < -0.4 is 4.74 Å². The molecule has 0 saturated carbocycles. The molecule has 1 heterocycles. The van der Waals surface area contributed by atoms with E-state index in [0.29, 0.717) is 10.6 Å². The highest BCUT2D eigenvalue weighted by Gasteiger charge is 2.20. The van der Waals surface area contributed by atoms with Gasteiger partial charge in [-0.05, 0) is 18.9 Å². The minimum absolute atomic E-state index is 0.0485. The first kappa shape index (κ1) is 21.3. The van der Waals surface area contributed by atoms with Crippen molar-refractivity contribution in [1.29, 1.82) is 0 Å². The molecule has 0 amide bonds. The normalized spacial score (nSPS) is 13.0. The predicted octanol–water partition coefficient (Wildman–Crippen LogP) is 5.24. The van der Waals surface area contributed by atoms with Crippen LogP contribution in [0.15, 0.2) is 40.0 Å². The molecule has 0 aliphatic rings. The lowest BCUT2D eigenvalue weighted by atomic mass is 10.00. The molecule has 1 unspecified atom stereocenters. The summed E-state index contributed by atoms with van der Waals surface area (Å²) in [5.74, 6) is 1.43. The Labute approximate surface area is 166 Å². The standard InChI is InChI=1S/C20H26O3S3/c1-20(2,3)19(22)24-12-8-4-5-9-13-26(23)17-14-18(21)25-16-11-7-6-10-15(16)17/h6-7,10-11,14H,4-5,8-9,12-13H2,1-3H3. The molecule has 0 spiro atoms. The van der Waals surface area contributed by atoms with E-state index in [1.165, 1.54) is 29.2 Å². The fourth-order valence-corrected chi connectivity index (χ4v) is 5.73. The Balaban J connectivity index is 1.77. The van der Waals surface area contributed by atoms with E-state index in [1.807, 2.05) is 45.0 Å².